The first-order valence-corrected chi connectivity index (χ1v) is 10.4. The highest BCUT2D eigenvalue weighted by molar-refractivity contribution is 6.03. The van der Waals surface area contributed by atoms with Crippen LogP contribution in [0.1, 0.15) is 31.3 Å². The standard InChI is InChI=1S/C20H24F3N7O3/c1-9-14-16(30(3)15(10(2)31)17(32)28-14)29-19(26-9)27-12-4-11(5-12)8-33-13-6-24-18(25-7-13)20(21,22)23/h6-7,10-12,15,31H,4-5,8H2,1-3H3,(H,28,32)(H,26,27,29)/t10-,11-,12+,15-/m0/s1. The van der Waals surface area contributed by atoms with Crippen molar-refractivity contribution in [3.8, 4) is 5.75 Å². The molecule has 0 unspecified atom stereocenters. The maximum atomic E-state index is 12.5. The van der Waals surface area contributed by atoms with Crippen molar-refractivity contribution in [3.05, 3.63) is 23.9 Å². The Morgan fingerprint density at radius 3 is 2.58 bits per heavy atom. The first kappa shape index (κ1) is 23.0. The Morgan fingerprint density at radius 1 is 1.30 bits per heavy atom. The molecule has 33 heavy (non-hydrogen) atoms. The number of halogens is 3. The summed E-state index contributed by atoms with van der Waals surface area (Å²) in [4.78, 5) is 29.4. The molecule has 1 fully saturated rings. The molecule has 2 aromatic heterocycles. The summed E-state index contributed by atoms with van der Waals surface area (Å²) in [6, 6.07) is -0.644. The molecule has 1 amide bonds. The summed E-state index contributed by atoms with van der Waals surface area (Å²) in [5.41, 5.74) is 1.12. The highest BCUT2D eigenvalue weighted by atomic mass is 19.4. The number of aliphatic hydroxyl groups is 1. The fourth-order valence-corrected chi connectivity index (χ4v) is 3.99. The van der Waals surface area contributed by atoms with Crippen molar-refractivity contribution >= 4 is 23.4 Å². The van der Waals surface area contributed by atoms with E-state index in [0.717, 1.165) is 25.2 Å². The van der Waals surface area contributed by atoms with Crippen LogP contribution in [0.15, 0.2) is 12.4 Å². The number of amides is 1. The van der Waals surface area contributed by atoms with Crippen molar-refractivity contribution in [2.24, 2.45) is 5.92 Å². The minimum Gasteiger partial charge on any atom is -0.490 e. The first-order valence-electron chi connectivity index (χ1n) is 10.4. The number of aromatic nitrogens is 4. The normalized spacial score (nSPS) is 23.3. The number of aryl methyl sites for hydroxylation is 1. The number of aliphatic hydroxyl groups excluding tert-OH is 1. The van der Waals surface area contributed by atoms with Gasteiger partial charge < -0.3 is 25.4 Å². The Labute approximate surface area is 187 Å². The van der Waals surface area contributed by atoms with Crippen LogP contribution >= 0.6 is 0 Å². The monoisotopic (exact) mass is 467 g/mol. The molecule has 0 aromatic carbocycles. The number of nitrogens with zero attached hydrogens (tertiary/aromatic N) is 5. The van der Waals surface area contributed by atoms with Gasteiger partial charge in [0.1, 0.15) is 11.7 Å². The van der Waals surface area contributed by atoms with Gasteiger partial charge >= 0.3 is 6.18 Å². The van der Waals surface area contributed by atoms with Crippen molar-refractivity contribution in [1.29, 1.82) is 0 Å². The molecule has 2 aliphatic rings. The Bertz CT molecular complexity index is 1030. The molecule has 0 spiro atoms. The van der Waals surface area contributed by atoms with Gasteiger partial charge in [-0.2, -0.15) is 18.2 Å². The van der Waals surface area contributed by atoms with E-state index in [1.807, 2.05) is 0 Å². The van der Waals surface area contributed by atoms with Gasteiger partial charge in [-0.1, -0.05) is 0 Å². The highest BCUT2D eigenvalue weighted by Crippen LogP contribution is 2.35. The molecule has 10 nitrogen and oxygen atoms in total. The number of nitrogens with one attached hydrogen (secondary N) is 2. The molecule has 1 saturated carbocycles. The van der Waals surface area contributed by atoms with Crippen molar-refractivity contribution in [2.75, 3.05) is 29.2 Å². The predicted molar refractivity (Wildman–Crippen MR) is 112 cm³/mol. The molecule has 0 saturated heterocycles. The number of ether oxygens (including phenoxy) is 1. The van der Waals surface area contributed by atoms with Crippen LogP contribution in [0.25, 0.3) is 0 Å². The zero-order valence-corrected chi connectivity index (χ0v) is 18.2. The smallest absolute Gasteiger partial charge is 0.451 e. The second-order valence-electron chi connectivity index (χ2n) is 8.35. The molecular formula is C20H24F3N7O3. The van der Waals surface area contributed by atoms with E-state index in [2.05, 4.69) is 30.6 Å². The van der Waals surface area contributed by atoms with Crippen LogP contribution in [0.2, 0.25) is 0 Å². The third-order valence-electron chi connectivity index (χ3n) is 5.73. The van der Waals surface area contributed by atoms with Gasteiger partial charge in [0.05, 0.1) is 30.8 Å². The zero-order valence-electron chi connectivity index (χ0n) is 18.2. The molecule has 0 radical (unpaired) electrons. The van der Waals surface area contributed by atoms with Crippen LogP contribution in [0, 0.1) is 12.8 Å². The number of fused-ring (bicyclic) bond motifs is 1. The second kappa shape index (κ2) is 8.61. The van der Waals surface area contributed by atoms with Crippen molar-refractivity contribution in [3.63, 3.8) is 0 Å². The third kappa shape index (κ3) is 4.77. The molecule has 1 aliphatic heterocycles. The first-order chi connectivity index (χ1) is 15.5. The molecule has 0 bridgehead atoms. The summed E-state index contributed by atoms with van der Waals surface area (Å²) in [6.45, 7) is 3.65. The van der Waals surface area contributed by atoms with E-state index in [0.29, 0.717) is 29.8 Å². The second-order valence-corrected chi connectivity index (χ2v) is 8.35. The van der Waals surface area contributed by atoms with Crippen molar-refractivity contribution in [1.82, 2.24) is 19.9 Å². The number of carbonyl (C=O) groups excluding carboxylic acids is 1. The van der Waals surface area contributed by atoms with E-state index < -0.39 is 24.1 Å². The lowest BCUT2D eigenvalue weighted by molar-refractivity contribution is -0.145. The minimum atomic E-state index is -4.58. The molecule has 178 valence electrons. The van der Waals surface area contributed by atoms with Gasteiger partial charge in [0, 0.05) is 13.1 Å². The van der Waals surface area contributed by atoms with Crippen LogP contribution in [0.3, 0.4) is 0 Å². The van der Waals surface area contributed by atoms with Gasteiger partial charge in [-0.25, -0.2) is 15.0 Å². The number of likely N-dealkylation sites (N-methyl/N-ethyl adjacent to an activating group) is 1. The number of alkyl halides is 3. The van der Waals surface area contributed by atoms with E-state index in [1.165, 1.54) is 0 Å². The van der Waals surface area contributed by atoms with Crippen LogP contribution < -0.4 is 20.3 Å². The van der Waals surface area contributed by atoms with Crippen LogP contribution in [0.5, 0.6) is 5.75 Å². The summed E-state index contributed by atoms with van der Waals surface area (Å²) in [5.74, 6) is -0.173. The minimum absolute atomic E-state index is 0.107. The number of carbonyl (C=O) groups is 1. The Kier molecular flexibility index (Phi) is 5.99. The number of hydrogen-bond acceptors (Lipinski definition) is 9. The van der Waals surface area contributed by atoms with Crippen molar-refractivity contribution < 1.29 is 27.8 Å². The molecule has 3 heterocycles. The SMILES string of the molecule is Cc1nc(N[C@H]2C[C@@H](COc3cnc(C(F)(F)F)nc3)C2)nc2c1NC(=O)[C@H]([C@H](C)O)N2C. The molecule has 3 N–H and O–H groups in total. The average molecular weight is 467 g/mol. The Hall–Kier alpha value is -3.22. The average Bonchev–Trinajstić information content (AvgIpc) is 2.70. The van der Waals surface area contributed by atoms with Gasteiger partial charge in [-0.15, -0.1) is 0 Å². The van der Waals surface area contributed by atoms with E-state index in [-0.39, 0.29) is 23.6 Å². The lowest BCUT2D eigenvalue weighted by atomic mass is 9.81. The molecule has 2 atom stereocenters. The Balaban J connectivity index is 1.32. The van der Waals surface area contributed by atoms with Gasteiger partial charge in [-0.3, -0.25) is 4.79 Å². The predicted octanol–water partition coefficient (Wildman–Crippen LogP) is 2.00. The summed E-state index contributed by atoms with van der Waals surface area (Å²) >= 11 is 0. The van der Waals surface area contributed by atoms with Gasteiger partial charge in [0.25, 0.3) is 0 Å². The molecule has 1 aliphatic carbocycles. The summed E-state index contributed by atoms with van der Waals surface area (Å²) in [7, 11) is 1.70. The number of rotatable bonds is 6. The fraction of sp³-hybridized carbons (Fsp3) is 0.550. The summed E-state index contributed by atoms with van der Waals surface area (Å²) < 4.78 is 43.1. The van der Waals surface area contributed by atoms with E-state index >= 15 is 0 Å². The highest BCUT2D eigenvalue weighted by Gasteiger charge is 2.37. The number of hydrogen-bond donors (Lipinski definition) is 3. The fourth-order valence-electron chi connectivity index (χ4n) is 3.99. The molecular weight excluding hydrogens is 443 g/mol. The van der Waals surface area contributed by atoms with Crippen LogP contribution in [0.4, 0.5) is 30.6 Å². The van der Waals surface area contributed by atoms with Crippen molar-refractivity contribution in [2.45, 2.75) is 51.1 Å². The largest absolute Gasteiger partial charge is 0.490 e. The van der Waals surface area contributed by atoms with Gasteiger partial charge in [-0.05, 0) is 32.6 Å². The van der Waals surface area contributed by atoms with Gasteiger partial charge in [0.2, 0.25) is 17.7 Å². The number of anilines is 3. The van der Waals surface area contributed by atoms with E-state index in [9.17, 15) is 23.1 Å². The van der Waals surface area contributed by atoms with Gasteiger partial charge in [0.15, 0.2) is 11.6 Å². The summed E-state index contributed by atoms with van der Waals surface area (Å²) in [6.07, 6.45) is -1.89. The quantitative estimate of drug-likeness (QED) is 0.585. The third-order valence-corrected chi connectivity index (χ3v) is 5.73. The maximum Gasteiger partial charge on any atom is 0.451 e. The lowest BCUT2D eigenvalue weighted by Crippen LogP contribution is -2.52. The molecule has 13 heteroatoms. The maximum absolute atomic E-state index is 12.5. The van der Waals surface area contributed by atoms with Crippen LogP contribution in [-0.2, 0) is 11.0 Å². The molecule has 4 rings (SSSR count). The summed E-state index contributed by atoms with van der Waals surface area (Å²) in [5, 5.41) is 16.0. The lowest BCUT2D eigenvalue weighted by Gasteiger charge is -2.37. The van der Waals surface area contributed by atoms with Crippen LogP contribution in [-0.4, -0.2) is 62.8 Å². The Morgan fingerprint density at radius 2 is 1.97 bits per heavy atom. The van der Waals surface area contributed by atoms with E-state index in [1.54, 1.807) is 25.8 Å². The van der Waals surface area contributed by atoms with E-state index in [4.69, 9.17) is 4.74 Å². The topological polar surface area (TPSA) is 125 Å². The molecule has 2 aromatic rings. The zero-order chi connectivity index (χ0) is 23.9.